The summed E-state index contributed by atoms with van der Waals surface area (Å²) in [7, 11) is 0. The van der Waals surface area contributed by atoms with Crippen molar-refractivity contribution in [3.63, 3.8) is 0 Å². The molecule has 4 aromatic rings. The Morgan fingerprint density at radius 1 is 1.00 bits per heavy atom. The van der Waals surface area contributed by atoms with E-state index in [1.807, 2.05) is 69.3 Å². The zero-order valence-corrected chi connectivity index (χ0v) is 22.3. The SMILES string of the molecule is Cc1cc(Br)c(NC(=O)CSc2nc3ccccc3c(=O)n2-c2ccc(C)c(C)c2)c(Br)c1. The third-order valence-corrected chi connectivity index (χ3v) is 7.47. The molecule has 0 radical (unpaired) electrons. The molecule has 0 aliphatic rings. The van der Waals surface area contributed by atoms with Gasteiger partial charge in [-0.1, -0.05) is 30.0 Å². The number of fused-ring (bicyclic) bond motifs is 1. The maximum absolute atomic E-state index is 13.4. The van der Waals surface area contributed by atoms with Gasteiger partial charge in [0.1, 0.15) is 0 Å². The topological polar surface area (TPSA) is 64.0 Å². The summed E-state index contributed by atoms with van der Waals surface area (Å²) < 4.78 is 3.18. The number of hydrogen-bond donors (Lipinski definition) is 1. The van der Waals surface area contributed by atoms with Gasteiger partial charge in [0, 0.05) is 8.95 Å². The molecular weight excluding hydrogens is 566 g/mol. The summed E-state index contributed by atoms with van der Waals surface area (Å²) in [5, 5.41) is 3.95. The predicted octanol–water partition coefficient (Wildman–Crippen LogP) is 6.57. The highest BCUT2D eigenvalue weighted by Gasteiger charge is 2.16. The van der Waals surface area contributed by atoms with E-state index >= 15 is 0 Å². The molecule has 4 rings (SSSR count). The molecule has 8 heteroatoms. The number of halogens is 2. The van der Waals surface area contributed by atoms with E-state index in [0.717, 1.165) is 31.3 Å². The van der Waals surface area contributed by atoms with Crippen molar-refractivity contribution in [3.05, 3.63) is 90.6 Å². The van der Waals surface area contributed by atoms with E-state index in [4.69, 9.17) is 4.98 Å². The summed E-state index contributed by atoms with van der Waals surface area (Å²) in [4.78, 5) is 30.9. The molecule has 0 spiro atoms. The maximum atomic E-state index is 13.4. The lowest BCUT2D eigenvalue weighted by Crippen LogP contribution is -2.23. The second-order valence-corrected chi connectivity index (χ2v) is 10.4. The molecule has 0 fully saturated rings. The summed E-state index contributed by atoms with van der Waals surface area (Å²) in [6.07, 6.45) is 0. The second-order valence-electron chi connectivity index (χ2n) is 7.76. The van der Waals surface area contributed by atoms with Gasteiger partial charge in [-0.15, -0.1) is 0 Å². The van der Waals surface area contributed by atoms with Crippen LogP contribution < -0.4 is 10.9 Å². The molecular formula is C25H21Br2N3O2S. The quantitative estimate of drug-likeness (QED) is 0.212. The van der Waals surface area contributed by atoms with Gasteiger partial charge in [0.15, 0.2) is 5.16 Å². The van der Waals surface area contributed by atoms with Crippen LogP contribution in [0.2, 0.25) is 0 Å². The van der Waals surface area contributed by atoms with E-state index in [1.165, 1.54) is 11.8 Å². The van der Waals surface area contributed by atoms with Crippen molar-refractivity contribution < 1.29 is 4.79 Å². The molecule has 5 nitrogen and oxygen atoms in total. The van der Waals surface area contributed by atoms with Crippen LogP contribution in [0.1, 0.15) is 16.7 Å². The van der Waals surface area contributed by atoms with Crippen LogP contribution in [0.4, 0.5) is 5.69 Å². The van der Waals surface area contributed by atoms with Crippen molar-refractivity contribution in [2.45, 2.75) is 25.9 Å². The summed E-state index contributed by atoms with van der Waals surface area (Å²) in [6, 6.07) is 17.0. The highest BCUT2D eigenvalue weighted by atomic mass is 79.9. The largest absolute Gasteiger partial charge is 0.323 e. The number of aromatic nitrogens is 2. The van der Waals surface area contributed by atoms with Gasteiger partial charge in [-0.3, -0.25) is 14.2 Å². The van der Waals surface area contributed by atoms with E-state index in [1.54, 1.807) is 10.6 Å². The first-order valence-corrected chi connectivity index (χ1v) is 12.8. The van der Waals surface area contributed by atoms with Crippen LogP contribution in [0, 0.1) is 20.8 Å². The van der Waals surface area contributed by atoms with Crippen molar-refractivity contribution in [2.24, 2.45) is 0 Å². The minimum absolute atomic E-state index is 0.0996. The Bertz CT molecular complexity index is 1430. The van der Waals surface area contributed by atoms with E-state index in [-0.39, 0.29) is 17.2 Å². The average Bonchev–Trinajstić information content (AvgIpc) is 2.77. The van der Waals surface area contributed by atoms with Crippen LogP contribution in [0.5, 0.6) is 0 Å². The number of anilines is 1. The monoisotopic (exact) mass is 585 g/mol. The molecule has 0 aliphatic carbocycles. The molecule has 0 saturated heterocycles. The van der Waals surface area contributed by atoms with Gasteiger partial charge in [-0.2, -0.15) is 0 Å². The van der Waals surface area contributed by atoms with Gasteiger partial charge >= 0.3 is 0 Å². The number of nitrogens with one attached hydrogen (secondary N) is 1. The average molecular weight is 587 g/mol. The molecule has 0 aliphatic heterocycles. The Kier molecular flexibility index (Phi) is 7.07. The Balaban J connectivity index is 1.69. The van der Waals surface area contributed by atoms with E-state index in [2.05, 4.69) is 37.2 Å². The molecule has 1 aromatic heterocycles. The third kappa shape index (κ3) is 5.08. The molecule has 0 atom stereocenters. The number of carbonyl (C=O) groups excluding carboxylic acids is 1. The Morgan fingerprint density at radius 2 is 1.70 bits per heavy atom. The fraction of sp³-hybridized carbons (Fsp3) is 0.160. The van der Waals surface area contributed by atoms with Crippen molar-refractivity contribution >= 4 is 66.1 Å². The molecule has 0 saturated carbocycles. The smallest absolute Gasteiger partial charge is 0.266 e. The zero-order chi connectivity index (χ0) is 23.7. The van der Waals surface area contributed by atoms with E-state index in [9.17, 15) is 9.59 Å². The number of nitrogens with zero attached hydrogens (tertiary/aromatic N) is 2. The van der Waals surface area contributed by atoms with Crippen molar-refractivity contribution in [1.82, 2.24) is 9.55 Å². The Labute approximate surface area is 212 Å². The van der Waals surface area contributed by atoms with Crippen LogP contribution in [0.15, 0.2) is 73.5 Å². The number of para-hydroxylation sites is 1. The lowest BCUT2D eigenvalue weighted by Gasteiger charge is -2.15. The molecule has 0 bridgehead atoms. The van der Waals surface area contributed by atoms with Gasteiger partial charge in [-0.25, -0.2) is 4.98 Å². The zero-order valence-electron chi connectivity index (χ0n) is 18.3. The Morgan fingerprint density at radius 3 is 2.39 bits per heavy atom. The molecule has 33 heavy (non-hydrogen) atoms. The highest BCUT2D eigenvalue weighted by molar-refractivity contribution is 9.11. The van der Waals surface area contributed by atoms with Crippen LogP contribution >= 0.6 is 43.6 Å². The molecule has 1 heterocycles. The number of rotatable bonds is 5. The third-order valence-electron chi connectivity index (χ3n) is 5.28. The summed E-state index contributed by atoms with van der Waals surface area (Å²) in [6.45, 7) is 6.02. The first-order chi connectivity index (χ1) is 15.7. The minimum Gasteiger partial charge on any atom is -0.323 e. The predicted molar refractivity (Wildman–Crippen MR) is 143 cm³/mol. The van der Waals surface area contributed by atoms with Crippen molar-refractivity contribution in [3.8, 4) is 5.69 Å². The molecule has 0 unspecified atom stereocenters. The highest BCUT2D eigenvalue weighted by Crippen LogP contribution is 2.32. The maximum Gasteiger partial charge on any atom is 0.266 e. The first-order valence-electron chi connectivity index (χ1n) is 10.2. The number of thioether (sulfide) groups is 1. The first kappa shape index (κ1) is 23.7. The van der Waals surface area contributed by atoms with Gasteiger partial charge in [-0.05, 0) is 106 Å². The van der Waals surface area contributed by atoms with Crippen LogP contribution in [0.3, 0.4) is 0 Å². The lowest BCUT2D eigenvalue weighted by molar-refractivity contribution is -0.113. The summed E-state index contributed by atoms with van der Waals surface area (Å²) in [5.41, 5.74) is 5.14. The standard InChI is InChI=1S/C25H21Br2N3O2S/c1-14-10-19(26)23(20(27)11-14)29-22(31)13-33-25-28-21-7-5-4-6-18(21)24(32)30(25)17-9-8-15(2)16(3)12-17/h4-12H,13H2,1-3H3,(H,29,31). The van der Waals surface area contributed by atoms with Gasteiger partial charge in [0.05, 0.1) is 28.0 Å². The second kappa shape index (κ2) is 9.83. The fourth-order valence-corrected chi connectivity index (χ4v) is 5.85. The van der Waals surface area contributed by atoms with E-state index < -0.39 is 0 Å². The van der Waals surface area contributed by atoms with Gasteiger partial charge in [0.2, 0.25) is 5.91 Å². The number of benzene rings is 3. The Hall–Kier alpha value is -2.42. The van der Waals surface area contributed by atoms with Crippen molar-refractivity contribution in [1.29, 1.82) is 0 Å². The number of hydrogen-bond acceptors (Lipinski definition) is 4. The molecule has 1 N–H and O–H groups in total. The van der Waals surface area contributed by atoms with Crippen LogP contribution in [0.25, 0.3) is 16.6 Å². The normalized spacial score (nSPS) is 11.1. The number of aryl methyl sites for hydroxylation is 3. The lowest BCUT2D eigenvalue weighted by atomic mass is 10.1. The number of amides is 1. The van der Waals surface area contributed by atoms with Crippen LogP contribution in [-0.4, -0.2) is 21.2 Å². The molecule has 168 valence electrons. The fourth-order valence-electron chi connectivity index (χ4n) is 3.43. The van der Waals surface area contributed by atoms with Gasteiger partial charge < -0.3 is 5.32 Å². The van der Waals surface area contributed by atoms with E-state index in [0.29, 0.717) is 21.7 Å². The summed E-state index contributed by atoms with van der Waals surface area (Å²) in [5.74, 6) is -0.0955. The van der Waals surface area contributed by atoms with Crippen molar-refractivity contribution in [2.75, 3.05) is 11.1 Å². The van der Waals surface area contributed by atoms with Crippen LogP contribution in [-0.2, 0) is 4.79 Å². The number of carbonyl (C=O) groups is 1. The molecule has 3 aromatic carbocycles. The summed E-state index contributed by atoms with van der Waals surface area (Å²) >= 11 is 8.24. The minimum atomic E-state index is -0.195. The molecule has 1 amide bonds. The van der Waals surface area contributed by atoms with Gasteiger partial charge in [0.25, 0.3) is 5.56 Å².